The highest BCUT2D eigenvalue weighted by Crippen LogP contribution is 2.26. The molecule has 2 aromatic rings. The lowest BCUT2D eigenvalue weighted by Crippen LogP contribution is -2.12. The van der Waals surface area contributed by atoms with Crippen molar-refractivity contribution in [1.82, 2.24) is 0 Å². The standard InChI is InChI=1S/C11H12Cl2N2O2.C11H12ClFN2O2/c12-9-2-1-8(5-10(9)13)16-4-3-7-6-17-11(14)15-7;12-7-1-2-10(9(13)5-7)16-4-3-8-6-17-11(14)15-8/h1-2,5,7H,3-4,6H2,(H2,14,15);1-2,5,8H,3-4,6H2,(H2,14,15)/t7-;8-/m00/s1. The molecule has 2 atom stereocenters. The molecule has 34 heavy (non-hydrogen) atoms. The summed E-state index contributed by atoms with van der Waals surface area (Å²) in [5.74, 6) is 0.406. The average molecular weight is 534 g/mol. The van der Waals surface area contributed by atoms with Crippen molar-refractivity contribution < 1.29 is 23.3 Å². The zero-order valence-corrected chi connectivity index (χ0v) is 20.3. The lowest BCUT2D eigenvalue weighted by molar-refractivity contribution is 0.257. The maximum atomic E-state index is 13.3. The Bertz CT molecular complexity index is 1040. The zero-order valence-electron chi connectivity index (χ0n) is 18.1. The van der Waals surface area contributed by atoms with Gasteiger partial charge in [0, 0.05) is 23.9 Å². The summed E-state index contributed by atoms with van der Waals surface area (Å²) < 4.78 is 34.2. The Balaban J connectivity index is 0.000000191. The van der Waals surface area contributed by atoms with E-state index in [-0.39, 0.29) is 29.9 Å². The van der Waals surface area contributed by atoms with E-state index in [2.05, 4.69) is 9.98 Å². The molecule has 2 heterocycles. The summed E-state index contributed by atoms with van der Waals surface area (Å²) in [5.41, 5.74) is 10.8. The first kappa shape index (κ1) is 26.0. The molecule has 0 amide bonds. The van der Waals surface area contributed by atoms with E-state index in [0.29, 0.717) is 53.7 Å². The zero-order chi connectivity index (χ0) is 24.5. The van der Waals surface area contributed by atoms with E-state index in [1.54, 1.807) is 24.3 Å². The summed E-state index contributed by atoms with van der Waals surface area (Å²) in [5, 5.41) is 1.34. The monoisotopic (exact) mass is 532 g/mol. The van der Waals surface area contributed by atoms with E-state index in [0.717, 1.165) is 6.42 Å². The van der Waals surface area contributed by atoms with Gasteiger partial charge >= 0.3 is 0 Å². The topological polar surface area (TPSA) is 114 Å². The maximum Gasteiger partial charge on any atom is 0.282 e. The molecule has 4 N–H and O–H groups in total. The van der Waals surface area contributed by atoms with Crippen LogP contribution in [0, 0.1) is 5.82 Å². The van der Waals surface area contributed by atoms with Crippen molar-refractivity contribution >= 4 is 46.8 Å². The van der Waals surface area contributed by atoms with E-state index in [4.69, 9.17) is 65.2 Å². The van der Waals surface area contributed by atoms with Gasteiger partial charge in [-0.15, -0.1) is 0 Å². The van der Waals surface area contributed by atoms with Crippen LogP contribution in [0.1, 0.15) is 12.8 Å². The van der Waals surface area contributed by atoms with Gasteiger partial charge in [0.2, 0.25) is 0 Å². The summed E-state index contributed by atoms with van der Waals surface area (Å²) >= 11 is 17.3. The van der Waals surface area contributed by atoms with Gasteiger partial charge in [-0.1, -0.05) is 34.8 Å². The molecule has 0 spiro atoms. The molecule has 0 unspecified atom stereocenters. The van der Waals surface area contributed by atoms with Crippen LogP contribution < -0.4 is 20.9 Å². The first-order valence-electron chi connectivity index (χ1n) is 10.4. The lowest BCUT2D eigenvalue weighted by Gasteiger charge is -2.08. The van der Waals surface area contributed by atoms with Gasteiger partial charge < -0.3 is 30.4 Å². The van der Waals surface area contributed by atoms with E-state index >= 15 is 0 Å². The number of ether oxygens (including phenoxy) is 4. The van der Waals surface area contributed by atoms with Gasteiger partial charge in [-0.3, -0.25) is 0 Å². The van der Waals surface area contributed by atoms with Crippen molar-refractivity contribution in [2.24, 2.45) is 21.5 Å². The van der Waals surface area contributed by atoms with Crippen LogP contribution in [0.4, 0.5) is 4.39 Å². The number of hydrogen-bond donors (Lipinski definition) is 2. The second-order valence-electron chi connectivity index (χ2n) is 7.29. The van der Waals surface area contributed by atoms with Crippen molar-refractivity contribution in [2.45, 2.75) is 24.9 Å². The predicted molar refractivity (Wildman–Crippen MR) is 131 cm³/mol. The predicted octanol–water partition coefficient (Wildman–Crippen LogP) is 4.44. The molecule has 184 valence electrons. The molecule has 2 aliphatic heterocycles. The summed E-state index contributed by atoms with van der Waals surface area (Å²) in [6.07, 6.45) is 1.38. The molecule has 0 aromatic heterocycles. The normalized spacial score (nSPS) is 18.7. The summed E-state index contributed by atoms with van der Waals surface area (Å²) in [6, 6.07) is 9.99. The van der Waals surface area contributed by atoms with Crippen molar-refractivity contribution in [1.29, 1.82) is 0 Å². The van der Waals surface area contributed by atoms with Crippen molar-refractivity contribution in [3.8, 4) is 11.5 Å². The Kier molecular flexibility index (Phi) is 9.74. The number of amidine groups is 2. The van der Waals surface area contributed by atoms with E-state index in [9.17, 15) is 4.39 Å². The minimum absolute atomic E-state index is 0.00892. The summed E-state index contributed by atoms with van der Waals surface area (Å²) in [4.78, 5) is 8.13. The van der Waals surface area contributed by atoms with E-state index in [1.165, 1.54) is 12.1 Å². The minimum Gasteiger partial charge on any atom is -0.493 e. The molecule has 2 aliphatic rings. The second kappa shape index (κ2) is 12.7. The van der Waals surface area contributed by atoms with Gasteiger partial charge in [0.25, 0.3) is 12.0 Å². The maximum absolute atomic E-state index is 13.3. The van der Waals surface area contributed by atoms with Crippen LogP contribution in [-0.2, 0) is 9.47 Å². The van der Waals surface area contributed by atoms with Crippen LogP contribution in [0.2, 0.25) is 15.1 Å². The summed E-state index contributed by atoms with van der Waals surface area (Å²) in [6.45, 7) is 1.86. The molecule has 0 aliphatic carbocycles. The lowest BCUT2D eigenvalue weighted by atomic mass is 10.2. The third-order valence-electron chi connectivity index (χ3n) is 4.68. The molecule has 0 saturated carbocycles. The summed E-state index contributed by atoms with van der Waals surface area (Å²) in [7, 11) is 0. The number of halogens is 4. The van der Waals surface area contributed by atoms with Gasteiger partial charge in [-0.25, -0.2) is 14.4 Å². The van der Waals surface area contributed by atoms with Crippen LogP contribution >= 0.6 is 34.8 Å². The van der Waals surface area contributed by atoms with Crippen LogP contribution in [0.15, 0.2) is 46.4 Å². The Hall–Kier alpha value is -2.62. The molecule has 0 radical (unpaired) electrons. The van der Waals surface area contributed by atoms with Gasteiger partial charge in [-0.2, -0.15) is 0 Å². The van der Waals surface area contributed by atoms with Crippen molar-refractivity contribution in [2.75, 3.05) is 26.4 Å². The van der Waals surface area contributed by atoms with Crippen LogP contribution in [0.3, 0.4) is 0 Å². The van der Waals surface area contributed by atoms with Crippen molar-refractivity contribution in [3.63, 3.8) is 0 Å². The molecule has 0 fully saturated rings. The molecule has 8 nitrogen and oxygen atoms in total. The van der Waals surface area contributed by atoms with Crippen LogP contribution in [0.5, 0.6) is 11.5 Å². The number of benzene rings is 2. The number of rotatable bonds is 8. The van der Waals surface area contributed by atoms with Crippen LogP contribution in [0.25, 0.3) is 0 Å². The third-order valence-corrected chi connectivity index (χ3v) is 5.65. The molecule has 0 bridgehead atoms. The van der Waals surface area contributed by atoms with E-state index < -0.39 is 5.82 Å². The molecular formula is C22H24Cl3FN4O4. The third kappa shape index (κ3) is 8.30. The van der Waals surface area contributed by atoms with E-state index in [1.807, 2.05) is 0 Å². The van der Waals surface area contributed by atoms with Gasteiger partial charge in [-0.05, 0) is 30.3 Å². The first-order valence-corrected chi connectivity index (χ1v) is 11.5. The highest BCUT2D eigenvalue weighted by Gasteiger charge is 2.17. The minimum atomic E-state index is -0.469. The number of nitrogens with two attached hydrogens (primary N) is 2. The first-order chi connectivity index (χ1) is 16.3. The second-order valence-corrected chi connectivity index (χ2v) is 8.54. The quantitative estimate of drug-likeness (QED) is 0.519. The molecule has 0 saturated heterocycles. The number of nitrogens with zero attached hydrogens (tertiary/aromatic N) is 2. The Morgan fingerprint density at radius 3 is 2.00 bits per heavy atom. The smallest absolute Gasteiger partial charge is 0.282 e. The fourth-order valence-corrected chi connectivity index (χ4v) is 3.39. The van der Waals surface area contributed by atoms with Crippen molar-refractivity contribution in [3.05, 3.63) is 57.3 Å². The number of hydrogen-bond acceptors (Lipinski definition) is 8. The number of aliphatic imine (C=N–C) groups is 2. The Morgan fingerprint density at radius 1 is 0.853 bits per heavy atom. The molecule has 12 heteroatoms. The SMILES string of the molecule is NC1=N[C@@H](CCOc2ccc(Cl)c(Cl)c2)CO1.NC1=N[C@@H](CCOc2ccc(Cl)cc2F)CO1. The molecular weight excluding hydrogens is 510 g/mol. The fourth-order valence-electron chi connectivity index (χ4n) is 2.94. The van der Waals surface area contributed by atoms with Gasteiger partial charge in [0.1, 0.15) is 19.0 Å². The average Bonchev–Trinajstić information content (AvgIpc) is 3.40. The van der Waals surface area contributed by atoms with Gasteiger partial charge in [0.15, 0.2) is 11.6 Å². The Morgan fingerprint density at radius 2 is 1.47 bits per heavy atom. The fraction of sp³-hybridized carbons (Fsp3) is 0.364. The highest BCUT2D eigenvalue weighted by atomic mass is 35.5. The van der Waals surface area contributed by atoms with Gasteiger partial charge in [0.05, 0.1) is 35.3 Å². The Labute approximate surface area is 211 Å². The highest BCUT2D eigenvalue weighted by molar-refractivity contribution is 6.42. The molecule has 2 aromatic carbocycles. The van der Waals surface area contributed by atoms with Crippen LogP contribution in [-0.4, -0.2) is 50.6 Å². The molecule has 4 rings (SSSR count). The largest absolute Gasteiger partial charge is 0.493 e.